The lowest BCUT2D eigenvalue weighted by Gasteiger charge is -2.29. The number of nitrogens with zero attached hydrogens (tertiary/aromatic N) is 4. The van der Waals surface area contributed by atoms with Crippen LogP contribution >= 0.6 is 11.6 Å². The molecule has 0 atom stereocenters. The van der Waals surface area contributed by atoms with Crippen molar-refractivity contribution in [2.24, 2.45) is 0 Å². The van der Waals surface area contributed by atoms with Gasteiger partial charge in [-0.15, -0.1) is 0 Å². The van der Waals surface area contributed by atoms with Gasteiger partial charge >= 0.3 is 5.69 Å². The van der Waals surface area contributed by atoms with Crippen molar-refractivity contribution in [3.63, 3.8) is 0 Å². The smallest absolute Gasteiger partial charge is 0.353 e. The molecule has 1 aliphatic rings. The van der Waals surface area contributed by atoms with E-state index in [9.17, 15) is 10.1 Å². The van der Waals surface area contributed by atoms with Gasteiger partial charge < -0.3 is 10.2 Å². The van der Waals surface area contributed by atoms with Crippen LogP contribution in [-0.4, -0.2) is 21.4 Å². The predicted molar refractivity (Wildman–Crippen MR) is 109 cm³/mol. The Kier molecular flexibility index (Phi) is 5.08. The van der Waals surface area contributed by atoms with Crippen LogP contribution in [0.2, 0.25) is 5.02 Å². The van der Waals surface area contributed by atoms with Crippen molar-refractivity contribution >= 4 is 28.9 Å². The third-order valence-corrected chi connectivity index (χ3v) is 5.19. The topological polar surface area (TPSA) is 84.2 Å². The molecule has 0 saturated heterocycles. The molecule has 0 amide bonds. The van der Waals surface area contributed by atoms with Crippen LogP contribution < -0.4 is 10.2 Å². The summed E-state index contributed by atoms with van der Waals surface area (Å²) < 4.78 is 0. The molecule has 8 heteroatoms. The highest BCUT2D eigenvalue weighted by atomic mass is 35.5. The highest BCUT2D eigenvalue weighted by Crippen LogP contribution is 2.34. The minimum atomic E-state index is -0.426. The SMILES string of the molecule is O=[N+]([O-])c1c(NCc2ccccc2Cl)ncnc1N1CCc2ccccc2C1. The molecule has 4 rings (SSSR count). The van der Waals surface area contributed by atoms with Crippen molar-refractivity contribution in [2.75, 3.05) is 16.8 Å². The van der Waals surface area contributed by atoms with Crippen LogP contribution in [0.5, 0.6) is 0 Å². The Morgan fingerprint density at radius 2 is 1.86 bits per heavy atom. The average molecular weight is 396 g/mol. The fraction of sp³-hybridized carbons (Fsp3) is 0.200. The standard InChI is InChI=1S/C20H18ClN5O2/c21-17-8-4-3-6-15(17)11-22-19-18(26(27)28)20(24-13-23-19)25-10-9-14-5-1-2-7-16(14)12-25/h1-8,13H,9-12H2,(H,22,23,24). The zero-order valence-corrected chi connectivity index (χ0v) is 15.8. The third kappa shape index (κ3) is 3.61. The summed E-state index contributed by atoms with van der Waals surface area (Å²) in [5.74, 6) is 0.518. The molecule has 0 aliphatic carbocycles. The predicted octanol–water partition coefficient (Wildman–Crippen LogP) is 4.21. The molecule has 0 bridgehead atoms. The van der Waals surface area contributed by atoms with Crippen LogP contribution in [0.3, 0.4) is 0 Å². The molecule has 0 radical (unpaired) electrons. The number of nitrogens with one attached hydrogen (secondary N) is 1. The summed E-state index contributed by atoms with van der Waals surface area (Å²) in [6.45, 7) is 1.58. The van der Waals surface area contributed by atoms with Gasteiger partial charge in [0.25, 0.3) is 0 Å². The first-order valence-electron chi connectivity index (χ1n) is 8.92. The number of fused-ring (bicyclic) bond motifs is 1. The molecular formula is C20H18ClN5O2. The van der Waals surface area contributed by atoms with Crippen LogP contribution in [0.1, 0.15) is 16.7 Å². The molecule has 0 saturated carbocycles. The van der Waals surface area contributed by atoms with Crippen molar-refractivity contribution < 1.29 is 4.92 Å². The number of benzene rings is 2. The maximum atomic E-state index is 11.8. The first kappa shape index (κ1) is 18.2. The minimum absolute atomic E-state index is 0.117. The number of hydrogen-bond donors (Lipinski definition) is 1. The van der Waals surface area contributed by atoms with Gasteiger partial charge in [-0.3, -0.25) is 10.1 Å². The monoisotopic (exact) mass is 395 g/mol. The van der Waals surface area contributed by atoms with Crippen LogP contribution in [0.4, 0.5) is 17.3 Å². The summed E-state index contributed by atoms with van der Waals surface area (Å²) in [5, 5.41) is 15.5. The lowest BCUT2D eigenvalue weighted by atomic mass is 10.00. The normalized spacial score (nSPS) is 13.1. The van der Waals surface area contributed by atoms with E-state index in [1.165, 1.54) is 11.9 Å². The fourth-order valence-corrected chi connectivity index (χ4v) is 3.60. The zero-order valence-electron chi connectivity index (χ0n) is 15.0. The maximum absolute atomic E-state index is 11.8. The second kappa shape index (κ2) is 7.82. The van der Waals surface area contributed by atoms with Gasteiger partial charge in [-0.2, -0.15) is 0 Å². The molecule has 0 unspecified atom stereocenters. The van der Waals surface area contributed by atoms with E-state index in [2.05, 4.69) is 21.4 Å². The van der Waals surface area contributed by atoms with Crippen molar-refractivity contribution in [2.45, 2.75) is 19.5 Å². The van der Waals surface area contributed by atoms with Gasteiger partial charge in [0.2, 0.25) is 11.6 Å². The van der Waals surface area contributed by atoms with Gasteiger partial charge in [0.15, 0.2) is 0 Å². The zero-order chi connectivity index (χ0) is 19.5. The Bertz CT molecular complexity index is 1030. The van der Waals surface area contributed by atoms with Gasteiger partial charge in [-0.05, 0) is 29.2 Å². The molecular weight excluding hydrogens is 378 g/mol. The van der Waals surface area contributed by atoms with E-state index in [0.717, 1.165) is 17.5 Å². The first-order valence-corrected chi connectivity index (χ1v) is 9.29. The van der Waals surface area contributed by atoms with Crippen LogP contribution in [0.25, 0.3) is 0 Å². The molecule has 1 aliphatic heterocycles. The Labute approximate surface area is 167 Å². The van der Waals surface area contributed by atoms with Crippen LogP contribution in [0, 0.1) is 10.1 Å². The van der Waals surface area contributed by atoms with E-state index >= 15 is 0 Å². The number of rotatable bonds is 5. The van der Waals surface area contributed by atoms with Crippen LogP contribution in [-0.2, 0) is 19.5 Å². The summed E-state index contributed by atoms with van der Waals surface area (Å²) in [6, 6.07) is 15.5. The summed E-state index contributed by atoms with van der Waals surface area (Å²) in [5.41, 5.74) is 3.15. The minimum Gasteiger partial charge on any atom is -0.360 e. The maximum Gasteiger partial charge on any atom is 0.353 e. The highest BCUT2D eigenvalue weighted by molar-refractivity contribution is 6.31. The van der Waals surface area contributed by atoms with Crippen molar-refractivity contribution in [3.8, 4) is 0 Å². The summed E-state index contributed by atoms with van der Waals surface area (Å²) in [7, 11) is 0. The summed E-state index contributed by atoms with van der Waals surface area (Å²) in [4.78, 5) is 21.7. The molecule has 3 aromatic rings. The molecule has 0 spiro atoms. The Morgan fingerprint density at radius 1 is 1.11 bits per heavy atom. The Balaban J connectivity index is 1.63. The van der Waals surface area contributed by atoms with E-state index < -0.39 is 4.92 Å². The van der Waals surface area contributed by atoms with E-state index in [4.69, 9.17) is 11.6 Å². The van der Waals surface area contributed by atoms with Gasteiger partial charge in [0.05, 0.1) is 4.92 Å². The third-order valence-electron chi connectivity index (χ3n) is 4.82. The molecule has 1 N–H and O–H groups in total. The number of anilines is 2. The lowest BCUT2D eigenvalue weighted by molar-refractivity contribution is -0.383. The lowest BCUT2D eigenvalue weighted by Crippen LogP contribution is -2.31. The van der Waals surface area contributed by atoms with Crippen LogP contribution in [0.15, 0.2) is 54.9 Å². The van der Waals surface area contributed by atoms with E-state index in [-0.39, 0.29) is 11.5 Å². The quantitative estimate of drug-likeness (QED) is 0.514. The van der Waals surface area contributed by atoms with Gasteiger partial charge in [0, 0.05) is 24.7 Å². The van der Waals surface area contributed by atoms with Gasteiger partial charge in [-0.25, -0.2) is 9.97 Å². The Morgan fingerprint density at radius 3 is 2.64 bits per heavy atom. The number of nitro groups is 1. The van der Waals surface area contributed by atoms with Gasteiger partial charge in [-0.1, -0.05) is 54.1 Å². The van der Waals surface area contributed by atoms with Crippen molar-refractivity contribution in [3.05, 3.63) is 86.7 Å². The number of halogens is 1. The first-order chi connectivity index (χ1) is 13.6. The largest absolute Gasteiger partial charge is 0.360 e. The molecule has 142 valence electrons. The highest BCUT2D eigenvalue weighted by Gasteiger charge is 2.29. The van der Waals surface area contributed by atoms with E-state index in [1.54, 1.807) is 6.07 Å². The van der Waals surface area contributed by atoms with Gasteiger partial charge in [0.1, 0.15) is 6.33 Å². The number of hydrogen-bond acceptors (Lipinski definition) is 6. The molecule has 0 fully saturated rings. The molecule has 2 aromatic carbocycles. The summed E-state index contributed by atoms with van der Waals surface area (Å²) in [6.07, 6.45) is 2.18. The van der Waals surface area contributed by atoms with Crippen molar-refractivity contribution in [1.82, 2.24) is 9.97 Å². The molecule has 28 heavy (non-hydrogen) atoms. The average Bonchev–Trinajstić information content (AvgIpc) is 2.72. The molecule has 2 heterocycles. The van der Waals surface area contributed by atoms with E-state index in [0.29, 0.717) is 30.5 Å². The van der Waals surface area contributed by atoms with E-state index in [1.807, 2.05) is 41.3 Å². The van der Waals surface area contributed by atoms with Crippen molar-refractivity contribution in [1.29, 1.82) is 0 Å². The second-order valence-corrected chi connectivity index (χ2v) is 6.94. The second-order valence-electron chi connectivity index (χ2n) is 6.54. The number of aromatic nitrogens is 2. The molecule has 1 aromatic heterocycles. The Hall–Kier alpha value is -3.19. The fourth-order valence-electron chi connectivity index (χ4n) is 3.40. The molecule has 7 nitrogen and oxygen atoms in total. The summed E-state index contributed by atoms with van der Waals surface area (Å²) >= 11 is 6.18.